The van der Waals surface area contributed by atoms with Gasteiger partial charge in [-0.1, -0.05) is 36.4 Å². The van der Waals surface area contributed by atoms with Crippen LogP contribution in [-0.4, -0.2) is 11.5 Å². The molecule has 0 amide bonds. The van der Waals surface area contributed by atoms with Gasteiger partial charge in [0.25, 0.3) is 6.41 Å². The quantitative estimate of drug-likeness (QED) is 0.770. The van der Waals surface area contributed by atoms with Crippen LogP contribution in [0, 0.1) is 0 Å². The zero-order valence-electron chi connectivity index (χ0n) is 8.71. The van der Waals surface area contributed by atoms with Crippen molar-refractivity contribution in [3.8, 4) is 5.75 Å². The SMILES string of the molecule is OC(Nc1ccccc1)Oc1ccccc1. The molecule has 1 atom stereocenters. The maximum atomic E-state index is 9.62. The number of ether oxygens (including phenoxy) is 1. The Hall–Kier alpha value is -2.00. The maximum absolute atomic E-state index is 9.62. The van der Waals surface area contributed by atoms with Crippen LogP contribution in [0.15, 0.2) is 60.7 Å². The standard InChI is InChI=1S/C13H13NO2/c15-13(14-11-7-3-1-4-8-11)16-12-9-5-2-6-10-12/h1-10,13-15H. The van der Waals surface area contributed by atoms with E-state index in [9.17, 15) is 5.11 Å². The summed E-state index contributed by atoms with van der Waals surface area (Å²) in [6, 6.07) is 18.6. The summed E-state index contributed by atoms with van der Waals surface area (Å²) < 4.78 is 5.26. The fourth-order valence-electron chi connectivity index (χ4n) is 1.33. The van der Waals surface area contributed by atoms with E-state index in [1.54, 1.807) is 12.1 Å². The summed E-state index contributed by atoms with van der Waals surface area (Å²) in [5.41, 5.74) is 0.811. The van der Waals surface area contributed by atoms with Gasteiger partial charge in [-0.2, -0.15) is 0 Å². The van der Waals surface area contributed by atoms with Crippen molar-refractivity contribution in [1.29, 1.82) is 0 Å². The molecule has 2 aromatic carbocycles. The number of rotatable bonds is 4. The Labute approximate surface area is 94.3 Å². The third-order valence-electron chi connectivity index (χ3n) is 2.05. The molecule has 0 heterocycles. The predicted molar refractivity (Wildman–Crippen MR) is 63.1 cm³/mol. The molecular formula is C13H13NO2. The van der Waals surface area contributed by atoms with Gasteiger partial charge in [0.1, 0.15) is 5.75 Å². The van der Waals surface area contributed by atoms with Gasteiger partial charge in [-0.05, 0) is 24.3 Å². The molecule has 3 heteroatoms. The van der Waals surface area contributed by atoms with E-state index in [1.807, 2.05) is 48.5 Å². The average Bonchev–Trinajstić information content (AvgIpc) is 2.31. The fourth-order valence-corrected chi connectivity index (χ4v) is 1.33. The molecule has 0 saturated carbocycles. The molecule has 82 valence electrons. The van der Waals surface area contributed by atoms with Crippen LogP contribution in [-0.2, 0) is 0 Å². The predicted octanol–water partition coefficient (Wildman–Crippen LogP) is 2.45. The summed E-state index contributed by atoms with van der Waals surface area (Å²) in [5, 5.41) is 12.4. The van der Waals surface area contributed by atoms with E-state index in [-0.39, 0.29) is 0 Å². The summed E-state index contributed by atoms with van der Waals surface area (Å²) in [7, 11) is 0. The summed E-state index contributed by atoms with van der Waals surface area (Å²) >= 11 is 0. The van der Waals surface area contributed by atoms with Crippen LogP contribution in [0.2, 0.25) is 0 Å². The summed E-state index contributed by atoms with van der Waals surface area (Å²) in [4.78, 5) is 0. The van der Waals surface area contributed by atoms with E-state index < -0.39 is 6.41 Å². The molecule has 0 fully saturated rings. The minimum absolute atomic E-state index is 0.624. The summed E-state index contributed by atoms with van der Waals surface area (Å²) in [6.45, 7) is 0. The van der Waals surface area contributed by atoms with Crippen molar-refractivity contribution in [2.75, 3.05) is 5.32 Å². The first-order valence-electron chi connectivity index (χ1n) is 5.06. The number of nitrogens with one attached hydrogen (secondary N) is 1. The molecule has 3 nitrogen and oxygen atoms in total. The minimum Gasteiger partial charge on any atom is -0.447 e. The number of aliphatic hydroxyl groups excluding tert-OH is 1. The molecule has 16 heavy (non-hydrogen) atoms. The number of aliphatic hydroxyl groups is 1. The van der Waals surface area contributed by atoms with Gasteiger partial charge in [0, 0.05) is 5.69 Å². The smallest absolute Gasteiger partial charge is 0.279 e. The average molecular weight is 215 g/mol. The fraction of sp³-hybridized carbons (Fsp3) is 0.0769. The van der Waals surface area contributed by atoms with Crippen molar-refractivity contribution in [3.63, 3.8) is 0 Å². The first-order chi connectivity index (χ1) is 7.84. The van der Waals surface area contributed by atoms with Gasteiger partial charge in [0.2, 0.25) is 0 Å². The molecule has 0 spiro atoms. The number of benzene rings is 2. The normalized spacial score (nSPS) is 11.8. The second-order valence-electron chi connectivity index (χ2n) is 3.29. The van der Waals surface area contributed by atoms with Gasteiger partial charge in [-0.3, -0.25) is 0 Å². The van der Waals surface area contributed by atoms with Crippen molar-refractivity contribution in [3.05, 3.63) is 60.7 Å². The zero-order chi connectivity index (χ0) is 11.2. The van der Waals surface area contributed by atoms with E-state index in [0.717, 1.165) is 5.69 Å². The highest BCUT2D eigenvalue weighted by Gasteiger charge is 2.03. The Morgan fingerprint density at radius 1 is 0.875 bits per heavy atom. The third kappa shape index (κ3) is 3.00. The summed E-state index contributed by atoms with van der Waals surface area (Å²) in [5.74, 6) is 0.624. The third-order valence-corrected chi connectivity index (χ3v) is 2.05. The Bertz CT molecular complexity index is 375. The molecule has 0 aliphatic heterocycles. The topological polar surface area (TPSA) is 41.5 Å². The van der Waals surface area contributed by atoms with Gasteiger partial charge >= 0.3 is 0 Å². The lowest BCUT2D eigenvalue weighted by atomic mass is 10.3. The van der Waals surface area contributed by atoms with Crippen LogP contribution in [0.3, 0.4) is 0 Å². The molecule has 2 N–H and O–H groups in total. The van der Waals surface area contributed by atoms with E-state index in [2.05, 4.69) is 5.32 Å². The van der Waals surface area contributed by atoms with E-state index >= 15 is 0 Å². The van der Waals surface area contributed by atoms with Gasteiger partial charge in [0.15, 0.2) is 0 Å². The molecule has 0 bridgehead atoms. The van der Waals surface area contributed by atoms with Gasteiger partial charge in [0.05, 0.1) is 0 Å². The van der Waals surface area contributed by atoms with E-state index in [1.165, 1.54) is 0 Å². The molecular weight excluding hydrogens is 202 g/mol. The Morgan fingerprint density at radius 3 is 2.06 bits per heavy atom. The largest absolute Gasteiger partial charge is 0.447 e. The first kappa shape index (κ1) is 10.5. The monoisotopic (exact) mass is 215 g/mol. The van der Waals surface area contributed by atoms with Gasteiger partial charge in [-0.25, -0.2) is 0 Å². The highest BCUT2D eigenvalue weighted by Crippen LogP contribution is 2.12. The lowest BCUT2D eigenvalue weighted by Crippen LogP contribution is -2.25. The molecule has 0 saturated heterocycles. The highest BCUT2D eigenvalue weighted by atomic mass is 16.6. The molecule has 1 unspecified atom stereocenters. The van der Waals surface area contributed by atoms with Crippen molar-refractivity contribution < 1.29 is 9.84 Å². The van der Waals surface area contributed by atoms with Crippen molar-refractivity contribution in [2.45, 2.75) is 6.41 Å². The van der Waals surface area contributed by atoms with Crippen LogP contribution in [0.1, 0.15) is 0 Å². The molecule has 2 rings (SSSR count). The second kappa shape index (κ2) is 5.19. The highest BCUT2D eigenvalue weighted by molar-refractivity contribution is 5.42. The summed E-state index contributed by atoms with van der Waals surface area (Å²) in [6.07, 6.45) is -1.05. The second-order valence-corrected chi connectivity index (χ2v) is 3.29. The molecule has 0 aliphatic carbocycles. The lowest BCUT2D eigenvalue weighted by molar-refractivity contribution is 0.00775. The minimum atomic E-state index is -1.05. The van der Waals surface area contributed by atoms with Crippen LogP contribution in [0.4, 0.5) is 5.69 Å². The Kier molecular flexibility index (Phi) is 3.41. The number of para-hydroxylation sites is 2. The first-order valence-corrected chi connectivity index (χ1v) is 5.06. The molecule has 2 aromatic rings. The number of anilines is 1. The Balaban J connectivity index is 1.92. The van der Waals surface area contributed by atoms with Crippen LogP contribution >= 0.6 is 0 Å². The van der Waals surface area contributed by atoms with Crippen LogP contribution < -0.4 is 10.1 Å². The van der Waals surface area contributed by atoms with Crippen molar-refractivity contribution >= 4 is 5.69 Å². The van der Waals surface area contributed by atoms with Crippen LogP contribution in [0.25, 0.3) is 0 Å². The van der Waals surface area contributed by atoms with Crippen molar-refractivity contribution in [1.82, 2.24) is 0 Å². The number of hydrogen-bond acceptors (Lipinski definition) is 3. The molecule has 0 radical (unpaired) electrons. The van der Waals surface area contributed by atoms with Gasteiger partial charge in [-0.15, -0.1) is 0 Å². The molecule has 0 aromatic heterocycles. The Morgan fingerprint density at radius 2 is 1.44 bits per heavy atom. The van der Waals surface area contributed by atoms with E-state index in [4.69, 9.17) is 4.74 Å². The van der Waals surface area contributed by atoms with E-state index in [0.29, 0.717) is 5.75 Å². The van der Waals surface area contributed by atoms with Crippen molar-refractivity contribution in [2.24, 2.45) is 0 Å². The van der Waals surface area contributed by atoms with Gasteiger partial charge < -0.3 is 15.2 Å². The lowest BCUT2D eigenvalue weighted by Gasteiger charge is -2.15. The zero-order valence-corrected chi connectivity index (χ0v) is 8.71. The van der Waals surface area contributed by atoms with Crippen LogP contribution in [0.5, 0.6) is 5.75 Å². The maximum Gasteiger partial charge on any atom is 0.279 e. The number of hydrogen-bond donors (Lipinski definition) is 2. The molecule has 0 aliphatic rings.